The zero-order valence-corrected chi connectivity index (χ0v) is 8.25. The van der Waals surface area contributed by atoms with E-state index < -0.39 is 0 Å². The molecule has 0 heterocycles. The van der Waals surface area contributed by atoms with E-state index in [9.17, 15) is 0 Å². The van der Waals surface area contributed by atoms with Gasteiger partial charge in [0.2, 0.25) is 0 Å². The first-order valence-corrected chi connectivity index (χ1v) is 4.67. The molecular formula is C12H15N. The molecule has 0 aliphatic carbocycles. The van der Waals surface area contributed by atoms with Crippen LogP contribution in [-0.2, 0) is 12.8 Å². The number of nitriles is 1. The van der Waals surface area contributed by atoms with Crippen LogP contribution in [0.2, 0.25) is 0 Å². The standard InChI is InChI=1S/C12H15N/c1-10(2)8-12-5-3-4-11(9-12)6-7-13/h3-5,9-10H,6,8H2,1-2H3. The highest BCUT2D eigenvalue weighted by Gasteiger charge is 1.98. The molecule has 1 aromatic rings. The van der Waals surface area contributed by atoms with Gasteiger partial charge in [-0.25, -0.2) is 0 Å². The molecule has 0 bridgehead atoms. The van der Waals surface area contributed by atoms with Gasteiger partial charge in [0.05, 0.1) is 12.5 Å². The number of hydrogen-bond donors (Lipinski definition) is 0. The van der Waals surface area contributed by atoms with Gasteiger partial charge in [0.1, 0.15) is 0 Å². The van der Waals surface area contributed by atoms with Crippen molar-refractivity contribution in [3.05, 3.63) is 35.4 Å². The summed E-state index contributed by atoms with van der Waals surface area (Å²) in [6, 6.07) is 10.5. The third-order valence-corrected chi connectivity index (χ3v) is 1.92. The average molecular weight is 173 g/mol. The van der Waals surface area contributed by atoms with E-state index in [0.717, 1.165) is 12.0 Å². The molecule has 68 valence electrons. The second-order valence-corrected chi connectivity index (χ2v) is 3.75. The van der Waals surface area contributed by atoms with Crippen molar-refractivity contribution in [2.75, 3.05) is 0 Å². The fourth-order valence-electron chi connectivity index (χ4n) is 1.43. The Morgan fingerprint density at radius 1 is 1.31 bits per heavy atom. The van der Waals surface area contributed by atoms with Gasteiger partial charge in [0.15, 0.2) is 0 Å². The van der Waals surface area contributed by atoms with E-state index in [-0.39, 0.29) is 0 Å². The number of benzene rings is 1. The van der Waals surface area contributed by atoms with E-state index in [2.05, 4.69) is 32.0 Å². The Kier molecular flexibility index (Phi) is 3.52. The van der Waals surface area contributed by atoms with E-state index >= 15 is 0 Å². The maximum Gasteiger partial charge on any atom is 0.0669 e. The van der Waals surface area contributed by atoms with Gasteiger partial charge < -0.3 is 0 Å². The fraction of sp³-hybridized carbons (Fsp3) is 0.417. The Balaban J connectivity index is 2.74. The van der Waals surface area contributed by atoms with Crippen LogP contribution >= 0.6 is 0 Å². The van der Waals surface area contributed by atoms with Gasteiger partial charge in [-0.15, -0.1) is 0 Å². The third-order valence-electron chi connectivity index (χ3n) is 1.92. The van der Waals surface area contributed by atoms with E-state index in [4.69, 9.17) is 5.26 Å². The van der Waals surface area contributed by atoms with Crippen molar-refractivity contribution < 1.29 is 0 Å². The van der Waals surface area contributed by atoms with Crippen molar-refractivity contribution in [1.82, 2.24) is 0 Å². The van der Waals surface area contributed by atoms with Gasteiger partial charge in [-0.2, -0.15) is 5.26 Å². The Labute approximate surface area is 80.0 Å². The Bertz CT molecular complexity index is 307. The maximum absolute atomic E-state index is 8.54. The lowest BCUT2D eigenvalue weighted by atomic mass is 10.0. The molecule has 0 N–H and O–H groups in total. The first kappa shape index (κ1) is 9.80. The number of hydrogen-bond acceptors (Lipinski definition) is 1. The largest absolute Gasteiger partial charge is 0.198 e. The highest BCUT2D eigenvalue weighted by Crippen LogP contribution is 2.10. The predicted octanol–water partition coefficient (Wildman–Crippen LogP) is 2.95. The molecule has 0 aliphatic heterocycles. The van der Waals surface area contributed by atoms with Crippen LogP contribution in [0.5, 0.6) is 0 Å². The number of nitrogens with zero attached hydrogens (tertiary/aromatic N) is 1. The summed E-state index contributed by atoms with van der Waals surface area (Å²) >= 11 is 0. The van der Waals surface area contributed by atoms with Gasteiger partial charge in [0.25, 0.3) is 0 Å². The van der Waals surface area contributed by atoms with Crippen LogP contribution in [0.3, 0.4) is 0 Å². The SMILES string of the molecule is CC(C)Cc1cccc(CC#N)c1. The van der Waals surface area contributed by atoms with Crippen molar-refractivity contribution in [3.63, 3.8) is 0 Å². The van der Waals surface area contributed by atoms with E-state index in [0.29, 0.717) is 12.3 Å². The molecule has 1 nitrogen and oxygen atoms in total. The van der Waals surface area contributed by atoms with E-state index in [1.807, 2.05) is 12.1 Å². The fourth-order valence-corrected chi connectivity index (χ4v) is 1.43. The van der Waals surface area contributed by atoms with Crippen molar-refractivity contribution in [2.24, 2.45) is 5.92 Å². The van der Waals surface area contributed by atoms with Crippen molar-refractivity contribution in [2.45, 2.75) is 26.7 Å². The third kappa shape index (κ3) is 3.29. The van der Waals surface area contributed by atoms with Crippen LogP contribution in [0.15, 0.2) is 24.3 Å². The summed E-state index contributed by atoms with van der Waals surface area (Å²) in [7, 11) is 0. The van der Waals surface area contributed by atoms with E-state index in [1.165, 1.54) is 5.56 Å². The first-order chi connectivity index (χ1) is 6.22. The Hall–Kier alpha value is -1.29. The van der Waals surface area contributed by atoms with Crippen LogP contribution in [0.1, 0.15) is 25.0 Å². The molecule has 0 spiro atoms. The molecule has 0 aromatic heterocycles. The predicted molar refractivity (Wildman–Crippen MR) is 54.3 cm³/mol. The number of rotatable bonds is 3. The molecule has 13 heavy (non-hydrogen) atoms. The van der Waals surface area contributed by atoms with Crippen molar-refractivity contribution in [3.8, 4) is 6.07 Å². The summed E-state index contributed by atoms with van der Waals surface area (Å²) in [5.41, 5.74) is 2.46. The molecule has 0 fully saturated rings. The smallest absolute Gasteiger partial charge is 0.0669 e. The highest BCUT2D eigenvalue weighted by molar-refractivity contribution is 5.25. The molecular weight excluding hydrogens is 158 g/mol. The minimum Gasteiger partial charge on any atom is -0.198 e. The molecule has 1 rings (SSSR count). The summed E-state index contributed by atoms with van der Waals surface area (Å²) < 4.78 is 0. The summed E-state index contributed by atoms with van der Waals surface area (Å²) in [5, 5.41) is 8.54. The summed E-state index contributed by atoms with van der Waals surface area (Å²) in [4.78, 5) is 0. The second kappa shape index (κ2) is 4.67. The second-order valence-electron chi connectivity index (χ2n) is 3.75. The molecule has 0 unspecified atom stereocenters. The molecule has 0 aliphatic rings. The molecule has 0 amide bonds. The first-order valence-electron chi connectivity index (χ1n) is 4.67. The lowest BCUT2D eigenvalue weighted by Gasteiger charge is -2.05. The monoisotopic (exact) mass is 173 g/mol. The lowest BCUT2D eigenvalue weighted by Crippen LogP contribution is -1.94. The van der Waals surface area contributed by atoms with Gasteiger partial charge >= 0.3 is 0 Å². The van der Waals surface area contributed by atoms with Crippen LogP contribution in [0, 0.1) is 17.2 Å². The summed E-state index contributed by atoms with van der Waals surface area (Å²) in [6.07, 6.45) is 1.62. The van der Waals surface area contributed by atoms with Gasteiger partial charge in [-0.05, 0) is 23.5 Å². The van der Waals surface area contributed by atoms with Crippen LogP contribution < -0.4 is 0 Å². The molecule has 0 saturated heterocycles. The van der Waals surface area contributed by atoms with Crippen LogP contribution in [0.25, 0.3) is 0 Å². The topological polar surface area (TPSA) is 23.8 Å². The summed E-state index contributed by atoms with van der Waals surface area (Å²) in [6.45, 7) is 4.41. The van der Waals surface area contributed by atoms with Gasteiger partial charge in [-0.1, -0.05) is 38.1 Å². The van der Waals surface area contributed by atoms with Crippen LogP contribution in [-0.4, -0.2) is 0 Å². The Morgan fingerprint density at radius 3 is 2.62 bits per heavy atom. The quantitative estimate of drug-likeness (QED) is 0.689. The van der Waals surface area contributed by atoms with Crippen molar-refractivity contribution >= 4 is 0 Å². The molecule has 0 radical (unpaired) electrons. The molecule has 0 saturated carbocycles. The van der Waals surface area contributed by atoms with E-state index in [1.54, 1.807) is 0 Å². The normalized spacial score (nSPS) is 10.0. The maximum atomic E-state index is 8.54. The van der Waals surface area contributed by atoms with Gasteiger partial charge in [0, 0.05) is 0 Å². The average Bonchev–Trinajstić information content (AvgIpc) is 2.04. The minimum absolute atomic E-state index is 0.520. The van der Waals surface area contributed by atoms with Gasteiger partial charge in [-0.3, -0.25) is 0 Å². The summed E-state index contributed by atoms with van der Waals surface area (Å²) in [5.74, 6) is 0.678. The zero-order valence-electron chi connectivity index (χ0n) is 8.25. The van der Waals surface area contributed by atoms with Crippen LogP contribution in [0.4, 0.5) is 0 Å². The van der Waals surface area contributed by atoms with Crippen molar-refractivity contribution in [1.29, 1.82) is 5.26 Å². The highest BCUT2D eigenvalue weighted by atomic mass is 14.2. The molecule has 1 aromatic carbocycles. The Morgan fingerprint density at radius 2 is 2.00 bits per heavy atom. The zero-order chi connectivity index (χ0) is 9.68. The minimum atomic E-state index is 0.520. The lowest BCUT2D eigenvalue weighted by molar-refractivity contribution is 0.647. The molecule has 1 heteroatoms. The molecule has 0 atom stereocenters.